The Bertz CT molecular complexity index is 1140. The van der Waals surface area contributed by atoms with Crippen LogP contribution < -0.4 is 10.2 Å². The summed E-state index contributed by atoms with van der Waals surface area (Å²) in [6.07, 6.45) is 3.10. The quantitative estimate of drug-likeness (QED) is 0.698. The van der Waals surface area contributed by atoms with Crippen molar-refractivity contribution in [3.05, 3.63) is 52.9 Å². The molecule has 2 fully saturated rings. The molecule has 30 heavy (non-hydrogen) atoms. The van der Waals surface area contributed by atoms with Crippen LogP contribution in [0.5, 0.6) is 0 Å². The molecule has 0 saturated carbocycles. The number of aromatic nitrogens is 3. The number of benzene rings is 1. The molecule has 0 amide bonds. The summed E-state index contributed by atoms with van der Waals surface area (Å²) in [6, 6.07) is 4.26. The number of aryl methyl sites for hydroxylation is 2. The van der Waals surface area contributed by atoms with Gasteiger partial charge in [0.25, 0.3) is 0 Å². The van der Waals surface area contributed by atoms with Gasteiger partial charge in [0.2, 0.25) is 0 Å². The fraction of sp³-hybridized carbons (Fsp3) is 0.409. The Hall–Kier alpha value is -2.87. The number of morpholine rings is 1. The number of pyridine rings is 1. The maximum atomic E-state index is 14.6. The molecule has 4 heterocycles. The minimum Gasteiger partial charge on any atom is -0.374 e. The van der Waals surface area contributed by atoms with Crippen molar-refractivity contribution >= 4 is 22.4 Å². The first-order valence-electron chi connectivity index (χ1n) is 10.1. The number of hydrogen-bond donors (Lipinski definition) is 1. The second kappa shape index (κ2) is 7.12. The van der Waals surface area contributed by atoms with Gasteiger partial charge in [-0.15, -0.1) is 5.10 Å². The summed E-state index contributed by atoms with van der Waals surface area (Å²) in [7, 11) is 0. The molecule has 1 aromatic carbocycles. The molecule has 5 rings (SSSR count). The number of nitrogens with zero attached hydrogens (tertiary/aromatic N) is 4. The van der Waals surface area contributed by atoms with E-state index in [9.17, 15) is 8.78 Å². The third kappa shape index (κ3) is 3.15. The molecule has 0 radical (unpaired) electrons. The standard InChI is InChI=1S/C22H23F2N5O/c1-11-4-14(23)5-17(21(11)24)12(2)26-22-18-7-20(25-8-19(18)13(3)27-28-22)29-9-16-6-15(29)10-30-16/h4-5,7-8,12,15-16H,6,9-10H2,1-3H3,(H,26,28)/t12-,15-,16-/m1/s1. The Balaban J connectivity index is 1.52. The normalized spacial score (nSPS) is 21.4. The molecule has 6 nitrogen and oxygen atoms in total. The fourth-order valence-electron chi connectivity index (χ4n) is 4.45. The molecule has 3 atom stereocenters. The maximum Gasteiger partial charge on any atom is 0.157 e. The van der Waals surface area contributed by atoms with Gasteiger partial charge in [0, 0.05) is 29.1 Å². The van der Waals surface area contributed by atoms with Crippen molar-refractivity contribution in [1.82, 2.24) is 15.2 Å². The summed E-state index contributed by atoms with van der Waals surface area (Å²) >= 11 is 0. The highest BCUT2D eigenvalue weighted by Crippen LogP contribution is 2.35. The highest BCUT2D eigenvalue weighted by Gasteiger charge is 2.39. The summed E-state index contributed by atoms with van der Waals surface area (Å²) in [5, 5.41) is 13.5. The summed E-state index contributed by atoms with van der Waals surface area (Å²) in [6.45, 7) is 6.77. The van der Waals surface area contributed by atoms with Crippen molar-refractivity contribution in [3.63, 3.8) is 0 Å². The van der Waals surface area contributed by atoms with E-state index in [1.807, 2.05) is 19.2 Å². The van der Waals surface area contributed by atoms with Crippen LogP contribution >= 0.6 is 0 Å². The maximum absolute atomic E-state index is 14.6. The van der Waals surface area contributed by atoms with Gasteiger partial charge in [-0.25, -0.2) is 13.8 Å². The minimum atomic E-state index is -0.493. The van der Waals surface area contributed by atoms with E-state index in [2.05, 4.69) is 25.4 Å². The summed E-state index contributed by atoms with van der Waals surface area (Å²) in [4.78, 5) is 6.92. The first kappa shape index (κ1) is 19.1. The topological polar surface area (TPSA) is 63.2 Å². The van der Waals surface area contributed by atoms with Crippen molar-refractivity contribution in [2.24, 2.45) is 0 Å². The highest BCUT2D eigenvalue weighted by molar-refractivity contribution is 5.94. The van der Waals surface area contributed by atoms with Gasteiger partial charge in [0.1, 0.15) is 17.5 Å². The van der Waals surface area contributed by atoms with E-state index < -0.39 is 17.7 Å². The molecule has 2 aliphatic heterocycles. The Labute approximate surface area is 173 Å². The summed E-state index contributed by atoms with van der Waals surface area (Å²) in [5.74, 6) is 0.509. The van der Waals surface area contributed by atoms with Crippen LogP contribution in [-0.4, -0.2) is 40.5 Å². The second-order valence-corrected chi connectivity index (χ2v) is 8.21. The number of anilines is 2. The largest absolute Gasteiger partial charge is 0.374 e. The molecule has 2 aliphatic rings. The first-order valence-corrected chi connectivity index (χ1v) is 10.1. The van der Waals surface area contributed by atoms with Crippen molar-refractivity contribution < 1.29 is 13.5 Å². The predicted octanol–water partition coefficient (Wildman–Crippen LogP) is 4.07. The van der Waals surface area contributed by atoms with E-state index in [0.29, 0.717) is 11.9 Å². The molecule has 8 heteroatoms. The van der Waals surface area contributed by atoms with Gasteiger partial charge in [0.15, 0.2) is 5.82 Å². The molecule has 2 saturated heterocycles. The number of fused-ring (bicyclic) bond motifs is 3. The minimum absolute atomic E-state index is 0.256. The Morgan fingerprint density at radius 1 is 1.17 bits per heavy atom. The molecule has 2 aromatic heterocycles. The smallest absolute Gasteiger partial charge is 0.157 e. The van der Waals surface area contributed by atoms with Crippen LogP contribution in [0.25, 0.3) is 10.8 Å². The molecule has 0 unspecified atom stereocenters. The van der Waals surface area contributed by atoms with Crippen LogP contribution in [0, 0.1) is 25.5 Å². The molecular weight excluding hydrogens is 388 g/mol. The lowest BCUT2D eigenvalue weighted by Gasteiger charge is -2.28. The second-order valence-electron chi connectivity index (χ2n) is 8.21. The molecule has 0 spiro atoms. The van der Waals surface area contributed by atoms with Crippen LogP contribution in [0.1, 0.15) is 36.2 Å². The monoisotopic (exact) mass is 411 g/mol. The van der Waals surface area contributed by atoms with Gasteiger partial charge in [-0.2, -0.15) is 5.10 Å². The van der Waals surface area contributed by atoms with E-state index in [1.165, 1.54) is 12.1 Å². The van der Waals surface area contributed by atoms with Gasteiger partial charge >= 0.3 is 0 Å². The van der Waals surface area contributed by atoms with Gasteiger partial charge in [-0.3, -0.25) is 0 Å². The van der Waals surface area contributed by atoms with E-state index in [-0.39, 0.29) is 17.2 Å². The van der Waals surface area contributed by atoms with Gasteiger partial charge < -0.3 is 15.0 Å². The van der Waals surface area contributed by atoms with Crippen molar-refractivity contribution in [3.8, 4) is 0 Å². The van der Waals surface area contributed by atoms with Crippen molar-refractivity contribution in [1.29, 1.82) is 0 Å². The number of hydrogen-bond acceptors (Lipinski definition) is 6. The fourth-order valence-corrected chi connectivity index (χ4v) is 4.45. The van der Waals surface area contributed by atoms with E-state index in [1.54, 1.807) is 13.8 Å². The molecule has 2 bridgehead atoms. The number of ether oxygens (including phenoxy) is 1. The van der Waals surface area contributed by atoms with Crippen LogP contribution in [0.3, 0.4) is 0 Å². The Morgan fingerprint density at radius 2 is 2.00 bits per heavy atom. The molecular formula is C22H23F2N5O. The number of nitrogens with one attached hydrogen (secondary N) is 1. The van der Waals surface area contributed by atoms with E-state index >= 15 is 0 Å². The average Bonchev–Trinajstić information content (AvgIpc) is 3.36. The first-order chi connectivity index (χ1) is 14.4. The summed E-state index contributed by atoms with van der Waals surface area (Å²) < 4.78 is 34.2. The van der Waals surface area contributed by atoms with Crippen LogP contribution in [0.2, 0.25) is 0 Å². The van der Waals surface area contributed by atoms with Crippen molar-refractivity contribution in [2.75, 3.05) is 23.4 Å². The predicted molar refractivity (Wildman–Crippen MR) is 111 cm³/mol. The highest BCUT2D eigenvalue weighted by atomic mass is 19.1. The van der Waals surface area contributed by atoms with Gasteiger partial charge in [0.05, 0.1) is 30.5 Å². The van der Waals surface area contributed by atoms with E-state index in [0.717, 1.165) is 41.9 Å². The number of halogens is 2. The Kier molecular flexibility index (Phi) is 4.54. The van der Waals surface area contributed by atoms with Crippen molar-refractivity contribution in [2.45, 2.75) is 45.4 Å². The molecule has 3 aromatic rings. The zero-order valence-corrected chi connectivity index (χ0v) is 17.1. The number of rotatable bonds is 4. The molecule has 156 valence electrons. The lowest BCUT2D eigenvalue weighted by Crippen LogP contribution is -2.37. The van der Waals surface area contributed by atoms with Gasteiger partial charge in [-0.05, 0) is 51.0 Å². The lowest BCUT2D eigenvalue weighted by atomic mass is 10.0. The molecule has 0 aliphatic carbocycles. The van der Waals surface area contributed by atoms with Gasteiger partial charge in [-0.1, -0.05) is 0 Å². The van der Waals surface area contributed by atoms with Crippen LogP contribution in [0.15, 0.2) is 24.4 Å². The third-order valence-corrected chi connectivity index (χ3v) is 6.10. The molecule has 1 N–H and O–H groups in total. The zero-order chi connectivity index (χ0) is 21.0. The Morgan fingerprint density at radius 3 is 2.73 bits per heavy atom. The van der Waals surface area contributed by atoms with Crippen LogP contribution in [-0.2, 0) is 4.74 Å². The summed E-state index contributed by atoms with van der Waals surface area (Å²) in [5.41, 5.74) is 1.30. The SMILES string of the molecule is Cc1cc(F)cc([C@@H](C)Nc2nnc(C)c3cnc(N4C[C@H]5C[C@@H]4CO5)cc23)c1F. The van der Waals surface area contributed by atoms with Crippen LogP contribution in [0.4, 0.5) is 20.4 Å². The average molecular weight is 411 g/mol. The third-order valence-electron chi connectivity index (χ3n) is 6.10. The zero-order valence-electron chi connectivity index (χ0n) is 17.1. The lowest BCUT2D eigenvalue weighted by molar-refractivity contribution is 0.0989. The van der Waals surface area contributed by atoms with E-state index in [4.69, 9.17) is 4.74 Å².